The van der Waals surface area contributed by atoms with Gasteiger partial charge < -0.3 is 9.47 Å². The van der Waals surface area contributed by atoms with Gasteiger partial charge in [-0.15, -0.1) is 0 Å². The molecule has 7 heteroatoms. The molecule has 0 atom stereocenters. The van der Waals surface area contributed by atoms with Crippen LogP contribution >= 0.6 is 22.3 Å². The second kappa shape index (κ2) is 4.31. The number of rotatable bonds is 2. The van der Waals surface area contributed by atoms with E-state index < -0.39 is 9.05 Å². The lowest BCUT2D eigenvalue weighted by molar-refractivity contribution is 0.171. The van der Waals surface area contributed by atoms with Gasteiger partial charge in [0.1, 0.15) is 13.2 Å². The molecule has 1 aliphatic heterocycles. The first kappa shape index (κ1) is 11.8. The third-order valence-corrected chi connectivity index (χ3v) is 3.28. The molecular formula is C9H8Cl2O4S. The van der Waals surface area contributed by atoms with Crippen LogP contribution in [-0.4, -0.2) is 21.6 Å². The van der Waals surface area contributed by atoms with E-state index in [1.54, 1.807) is 6.07 Å². The standard InChI is InChI=1S/C9H8Cl2O4S/c10-7-3-6(5-16(11,12)13)4-8-9(7)15-2-1-14-8/h3-4H,1-2,5H2. The molecule has 1 heterocycles. The number of hydrogen-bond donors (Lipinski definition) is 0. The Kier molecular flexibility index (Phi) is 3.19. The highest BCUT2D eigenvalue weighted by Gasteiger charge is 2.18. The maximum atomic E-state index is 10.9. The summed E-state index contributed by atoms with van der Waals surface area (Å²) in [6, 6.07) is 3.08. The summed E-state index contributed by atoms with van der Waals surface area (Å²) in [7, 11) is 1.56. The maximum Gasteiger partial charge on any atom is 0.236 e. The summed E-state index contributed by atoms with van der Waals surface area (Å²) in [5.74, 6) is 0.614. The Morgan fingerprint density at radius 1 is 1.25 bits per heavy atom. The van der Waals surface area contributed by atoms with Gasteiger partial charge in [0, 0.05) is 10.7 Å². The van der Waals surface area contributed by atoms with Crippen LogP contribution in [0, 0.1) is 0 Å². The molecule has 4 nitrogen and oxygen atoms in total. The first-order valence-electron chi connectivity index (χ1n) is 4.46. The maximum absolute atomic E-state index is 10.9. The zero-order valence-corrected chi connectivity index (χ0v) is 10.4. The van der Waals surface area contributed by atoms with E-state index in [0.717, 1.165) is 0 Å². The van der Waals surface area contributed by atoms with Gasteiger partial charge in [0.15, 0.2) is 11.5 Å². The molecule has 1 aliphatic rings. The fourth-order valence-corrected chi connectivity index (χ4v) is 2.68. The molecule has 0 amide bonds. The summed E-state index contributed by atoms with van der Waals surface area (Å²) in [5.41, 5.74) is 0.476. The van der Waals surface area contributed by atoms with Crippen molar-refractivity contribution in [1.29, 1.82) is 0 Å². The van der Waals surface area contributed by atoms with Crippen molar-refractivity contribution in [2.75, 3.05) is 13.2 Å². The summed E-state index contributed by atoms with van der Waals surface area (Å²) in [5, 5.41) is 0.326. The van der Waals surface area contributed by atoms with Gasteiger partial charge in [-0.05, 0) is 17.7 Å². The van der Waals surface area contributed by atoms with Crippen LogP contribution < -0.4 is 9.47 Å². The molecule has 1 aromatic rings. The highest BCUT2D eigenvalue weighted by Crippen LogP contribution is 2.38. The summed E-state index contributed by atoms with van der Waals surface area (Å²) in [6.45, 7) is 0.847. The molecule has 0 aliphatic carbocycles. The van der Waals surface area contributed by atoms with Gasteiger partial charge in [-0.2, -0.15) is 0 Å². The molecule has 0 saturated heterocycles. The third kappa shape index (κ3) is 2.72. The van der Waals surface area contributed by atoms with Crippen molar-refractivity contribution in [2.24, 2.45) is 0 Å². The molecule has 0 fully saturated rings. The van der Waals surface area contributed by atoms with E-state index in [9.17, 15) is 8.42 Å². The monoisotopic (exact) mass is 282 g/mol. The first-order valence-corrected chi connectivity index (χ1v) is 7.32. The largest absolute Gasteiger partial charge is 0.486 e. The lowest BCUT2D eigenvalue weighted by Gasteiger charge is -2.20. The van der Waals surface area contributed by atoms with E-state index in [4.69, 9.17) is 31.8 Å². The van der Waals surface area contributed by atoms with Crippen LogP contribution in [0.5, 0.6) is 11.5 Å². The van der Waals surface area contributed by atoms with E-state index in [-0.39, 0.29) is 5.75 Å². The summed E-state index contributed by atoms with van der Waals surface area (Å²) < 4.78 is 32.5. The van der Waals surface area contributed by atoms with Gasteiger partial charge in [-0.25, -0.2) is 8.42 Å². The molecule has 0 spiro atoms. The minimum absolute atomic E-state index is 0.287. The van der Waals surface area contributed by atoms with Crippen LogP contribution in [0.2, 0.25) is 5.02 Å². The van der Waals surface area contributed by atoms with Crippen molar-refractivity contribution in [1.82, 2.24) is 0 Å². The summed E-state index contributed by atoms with van der Waals surface area (Å²) in [6.07, 6.45) is 0. The zero-order valence-electron chi connectivity index (χ0n) is 8.07. The van der Waals surface area contributed by atoms with E-state index in [2.05, 4.69) is 0 Å². The SMILES string of the molecule is O=S(=O)(Cl)Cc1cc(Cl)c2c(c1)OCCO2. The normalized spacial score (nSPS) is 14.9. The Hall–Kier alpha value is -0.650. The summed E-state index contributed by atoms with van der Waals surface area (Å²) in [4.78, 5) is 0. The number of benzene rings is 1. The molecule has 88 valence electrons. The fraction of sp³-hybridized carbons (Fsp3) is 0.333. The van der Waals surface area contributed by atoms with Crippen molar-refractivity contribution in [2.45, 2.75) is 5.75 Å². The van der Waals surface area contributed by atoms with Crippen LogP contribution in [0.4, 0.5) is 0 Å². The molecule has 0 aromatic heterocycles. The lowest BCUT2D eigenvalue weighted by Crippen LogP contribution is -2.16. The number of fused-ring (bicyclic) bond motifs is 1. The predicted octanol–water partition coefficient (Wildman–Crippen LogP) is 2.18. The van der Waals surface area contributed by atoms with Gasteiger partial charge >= 0.3 is 0 Å². The first-order chi connectivity index (χ1) is 7.46. The molecule has 0 saturated carbocycles. The Balaban J connectivity index is 2.39. The molecule has 0 N–H and O–H groups in total. The topological polar surface area (TPSA) is 52.6 Å². The van der Waals surface area contributed by atoms with Gasteiger partial charge in [-0.1, -0.05) is 11.6 Å². The average Bonchev–Trinajstić information content (AvgIpc) is 2.15. The second-order valence-corrected chi connectivity index (χ2v) is 6.47. The van der Waals surface area contributed by atoms with Crippen LogP contribution in [0.15, 0.2) is 12.1 Å². The quantitative estimate of drug-likeness (QED) is 0.781. The van der Waals surface area contributed by atoms with E-state index >= 15 is 0 Å². The Labute approximate surface area is 102 Å². The summed E-state index contributed by atoms with van der Waals surface area (Å²) >= 11 is 5.93. The van der Waals surface area contributed by atoms with Crippen molar-refractivity contribution in [3.05, 3.63) is 22.7 Å². The van der Waals surface area contributed by atoms with Crippen molar-refractivity contribution >= 4 is 31.3 Å². The minimum Gasteiger partial charge on any atom is -0.486 e. The average molecular weight is 283 g/mol. The molecule has 16 heavy (non-hydrogen) atoms. The van der Waals surface area contributed by atoms with E-state index in [1.165, 1.54) is 6.07 Å². The Morgan fingerprint density at radius 2 is 1.94 bits per heavy atom. The highest BCUT2D eigenvalue weighted by molar-refractivity contribution is 8.13. The van der Waals surface area contributed by atoms with Crippen molar-refractivity contribution in [3.8, 4) is 11.5 Å². The number of halogens is 2. The van der Waals surface area contributed by atoms with Gasteiger partial charge in [0.25, 0.3) is 0 Å². The lowest BCUT2D eigenvalue weighted by atomic mass is 10.2. The fourth-order valence-electron chi connectivity index (χ4n) is 1.45. The van der Waals surface area contributed by atoms with Crippen LogP contribution in [0.3, 0.4) is 0 Å². The minimum atomic E-state index is -3.60. The van der Waals surface area contributed by atoms with Crippen LogP contribution in [0.1, 0.15) is 5.56 Å². The van der Waals surface area contributed by atoms with Crippen LogP contribution in [-0.2, 0) is 14.8 Å². The third-order valence-electron chi connectivity index (χ3n) is 2.00. The Bertz CT molecular complexity index is 512. The second-order valence-electron chi connectivity index (χ2n) is 3.29. The molecule has 0 unspecified atom stereocenters. The van der Waals surface area contributed by atoms with Gasteiger partial charge in [-0.3, -0.25) is 0 Å². The smallest absolute Gasteiger partial charge is 0.236 e. The van der Waals surface area contributed by atoms with E-state index in [0.29, 0.717) is 35.3 Å². The van der Waals surface area contributed by atoms with Gasteiger partial charge in [0.05, 0.1) is 10.8 Å². The van der Waals surface area contributed by atoms with Gasteiger partial charge in [0.2, 0.25) is 9.05 Å². The molecule has 0 radical (unpaired) electrons. The highest BCUT2D eigenvalue weighted by atomic mass is 35.7. The molecular weight excluding hydrogens is 275 g/mol. The molecule has 0 bridgehead atoms. The molecule has 2 rings (SSSR count). The number of hydrogen-bond acceptors (Lipinski definition) is 4. The Morgan fingerprint density at radius 3 is 2.62 bits per heavy atom. The van der Waals surface area contributed by atoms with E-state index in [1.807, 2.05) is 0 Å². The van der Waals surface area contributed by atoms with Crippen LogP contribution in [0.25, 0.3) is 0 Å². The van der Waals surface area contributed by atoms with Crippen molar-refractivity contribution in [3.63, 3.8) is 0 Å². The number of ether oxygens (including phenoxy) is 2. The zero-order chi connectivity index (χ0) is 11.8. The predicted molar refractivity (Wildman–Crippen MR) is 60.9 cm³/mol. The van der Waals surface area contributed by atoms with Crippen molar-refractivity contribution < 1.29 is 17.9 Å². The molecule has 1 aromatic carbocycles.